The van der Waals surface area contributed by atoms with Crippen molar-refractivity contribution in [2.24, 2.45) is 0 Å². The number of aliphatic hydroxyl groups is 2. The minimum atomic E-state index is -4.41. The average molecular weight is 947 g/mol. The predicted octanol–water partition coefficient (Wildman–Crippen LogP) is 11.5. The maximum absolute atomic E-state index is 12.7. The van der Waals surface area contributed by atoms with Crippen molar-refractivity contribution in [2.75, 3.05) is 53.4 Å². The van der Waals surface area contributed by atoms with Crippen molar-refractivity contribution in [3.05, 3.63) is 24.3 Å². The first-order valence-electron chi connectivity index (χ1n) is 26.1. The Morgan fingerprint density at radius 2 is 0.923 bits per heavy atom. The second-order valence-electron chi connectivity index (χ2n) is 19.0. The number of esters is 2. The molecule has 0 amide bonds. The molecule has 0 aromatic heterocycles. The van der Waals surface area contributed by atoms with E-state index >= 15 is 0 Å². The highest BCUT2D eigenvalue weighted by Gasteiger charge is 2.29. The number of carbonyl (C=O) groups is 2. The fraction of sp³-hybridized carbons (Fsp3) is 0.885. The fourth-order valence-electron chi connectivity index (χ4n) is 8.21. The normalized spacial score (nSPS) is 14.8. The van der Waals surface area contributed by atoms with Gasteiger partial charge in [-0.2, -0.15) is 0 Å². The van der Waals surface area contributed by atoms with Crippen LogP contribution in [0, 0.1) is 0 Å². The zero-order chi connectivity index (χ0) is 49.0. The second kappa shape index (κ2) is 44.6. The number of hydrogen-bond donors (Lipinski definition) is 2. The van der Waals surface area contributed by atoms with Crippen molar-refractivity contribution in [3.8, 4) is 0 Å². The number of hydrogen-bond acceptors (Lipinski definition) is 11. The van der Waals surface area contributed by atoms with E-state index in [2.05, 4.69) is 54.3 Å². The van der Waals surface area contributed by atoms with Crippen molar-refractivity contribution in [1.29, 1.82) is 0 Å². The Morgan fingerprint density at radius 1 is 0.569 bits per heavy atom. The number of likely N-dealkylation sites (N-methyl/N-ethyl adjacent to an activating group) is 1. The minimum absolute atomic E-state index is 0.146. The van der Waals surface area contributed by atoms with E-state index in [0.717, 1.165) is 58.5 Å². The number of allylic oxidation sites excluding steroid dienone is 4. The van der Waals surface area contributed by atoms with Gasteiger partial charge in [-0.1, -0.05) is 141 Å². The van der Waals surface area contributed by atoms with Crippen LogP contribution in [0.15, 0.2) is 24.3 Å². The Kier molecular flexibility index (Phi) is 44.8. The van der Waals surface area contributed by atoms with Crippen LogP contribution < -0.4 is 0 Å². The van der Waals surface area contributed by atoms with Crippen LogP contribution >= 0.6 is 0 Å². The molecule has 0 spiro atoms. The van der Waals surface area contributed by atoms with E-state index in [1.165, 1.54) is 116 Å². The molecular weight excluding hydrogens is 845 g/mol. The molecule has 0 aromatic carbocycles. The molecule has 386 valence electrons. The molecule has 0 aromatic rings. The van der Waals surface area contributed by atoms with Gasteiger partial charge in [-0.25, -0.2) is 8.42 Å². The summed E-state index contributed by atoms with van der Waals surface area (Å²) in [5.74, 6) is -0.300. The number of carbonyl (C=O) groups excluding carboxylic acids is 2. The quantitative estimate of drug-likeness (QED) is 0.0149. The monoisotopic (exact) mass is 947 g/mol. The molecule has 0 fully saturated rings. The number of unbranched alkanes of at least 4 members (excludes halogenated alkanes) is 22. The largest absolute Gasteiger partial charge is 0.726 e. The lowest BCUT2D eigenvalue weighted by Crippen LogP contribution is -2.56. The van der Waals surface area contributed by atoms with E-state index in [0.29, 0.717) is 56.6 Å². The number of rotatable bonds is 44. The molecule has 0 saturated carbocycles. The molecule has 0 rings (SSSR count). The van der Waals surface area contributed by atoms with Gasteiger partial charge in [-0.05, 0) is 91.9 Å². The average Bonchev–Trinajstić information content (AvgIpc) is 3.22. The lowest BCUT2D eigenvalue weighted by Gasteiger charge is -2.39. The highest BCUT2D eigenvalue weighted by molar-refractivity contribution is 7.80. The van der Waals surface area contributed by atoms with Gasteiger partial charge >= 0.3 is 11.9 Å². The first-order valence-corrected chi connectivity index (χ1v) is 27.4. The van der Waals surface area contributed by atoms with E-state index in [-0.39, 0.29) is 24.1 Å². The summed E-state index contributed by atoms with van der Waals surface area (Å²) in [6.45, 7) is 15.4. The van der Waals surface area contributed by atoms with Crippen LogP contribution in [-0.4, -0.2) is 122 Å². The summed E-state index contributed by atoms with van der Waals surface area (Å²) in [6.07, 6.45) is 40.5. The van der Waals surface area contributed by atoms with Crippen LogP contribution in [0.25, 0.3) is 0 Å². The Balaban J connectivity index is 0. The van der Waals surface area contributed by atoms with Crippen molar-refractivity contribution in [1.82, 2.24) is 4.90 Å². The predicted molar refractivity (Wildman–Crippen MR) is 267 cm³/mol. The van der Waals surface area contributed by atoms with Gasteiger partial charge in [-0.15, -0.1) is 0 Å². The smallest absolute Gasteiger partial charge is 0.306 e. The molecule has 0 aliphatic heterocycles. The highest BCUT2D eigenvalue weighted by atomic mass is 32.3. The van der Waals surface area contributed by atoms with E-state index in [1.807, 2.05) is 13.8 Å². The summed E-state index contributed by atoms with van der Waals surface area (Å²) in [4.78, 5) is 27.5. The molecule has 65 heavy (non-hydrogen) atoms. The zero-order valence-electron chi connectivity index (χ0n) is 43.1. The van der Waals surface area contributed by atoms with E-state index < -0.39 is 22.6 Å². The second-order valence-corrected chi connectivity index (χ2v) is 20.2. The van der Waals surface area contributed by atoms with Crippen LogP contribution in [0.2, 0.25) is 0 Å². The van der Waals surface area contributed by atoms with Gasteiger partial charge in [0.2, 0.25) is 10.4 Å². The first-order chi connectivity index (χ1) is 31.0. The molecule has 2 N–H and O–H groups in total. The van der Waals surface area contributed by atoms with E-state index in [1.54, 1.807) is 13.8 Å². The Morgan fingerprint density at radius 3 is 1.28 bits per heavy atom. The summed E-state index contributed by atoms with van der Waals surface area (Å²) in [6, 6.07) is 0. The summed E-state index contributed by atoms with van der Waals surface area (Å²) in [7, 11) is -1.51. The van der Waals surface area contributed by atoms with Crippen molar-refractivity contribution in [2.45, 2.75) is 246 Å². The molecule has 13 heteroatoms. The topological polar surface area (TPSA) is 163 Å². The maximum atomic E-state index is 12.7. The third-order valence-electron chi connectivity index (χ3n) is 11.6. The van der Waals surface area contributed by atoms with Crippen molar-refractivity contribution in [3.63, 3.8) is 0 Å². The number of nitrogens with zero attached hydrogens (tertiary/aromatic N) is 2. The molecule has 0 aliphatic carbocycles. The Hall–Kier alpha value is -1.87. The number of ether oxygens (including phenoxy) is 2. The van der Waals surface area contributed by atoms with Crippen molar-refractivity contribution < 1.29 is 50.9 Å². The van der Waals surface area contributed by atoms with Gasteiger partial charge in [0.15, 0.2) is 0 Å². The third kappa shape index (κ3) is 49.8. The minimum Gasteiger partial charge on any atom is -0.726 e. The standard InChI is InChI=1S/C51H99N2O6.CH4O4S/c1-8-10-12-14-16-18-20-22-24-26-28-30-32-34-36-38-50(56)58-48(5)43-52(42-46(3)54)40-41-53(7,44-47(4)55)45-49(6)59-51(57)39-37-35-33-31-29-27-25-23-21-19-17-15-13-11-9-2;1-5-6(2,3)4/h22-25,46-49,54-55H,8-21,26-45H2,1-7H3;1H3,(H,2,3,4)/q+1;/p-1. The molecule has 12 nitrogen and oxygen atoms in total. The molecule has 0 aliphatic rings. The molecule has 0 bridgehead atoms. The first kappa shape index (κ1) is 65.2. The van der Waals surface area contributed by atoms with Crippen LogP contribution in [0.3, 0.4) is 0 Å². The lowest BCUT2D eigenvalue weighted by atomic mass is 10.1. The third-order valence-corrected chi connectivity index (χ3v) is 12.0. The van der Waals surface area contributed by atoms with Gasteiger partial charge in [0.25, 0.3) is 0 Å². The summed E-state index contributed by atoms with van der Waals surface area (Å²) < 4.78 is 43.2. The highest BCUT2D eigenvalue weighted by Crippen LogP contribution is 2.15. The molecule has 5 unspecified atom stereocenters. The number of aliphatic hydroxyl groups excluding tert-OH is 2. The SMILES string of the molecule is CCCCCCCCC=CCCCCCCCC(=O)OC(C)CN(CC[N+](C)(CC(C)O)CC(C)OC(=O)CCCCCCCC=CCCCCCCCC)CC(C)O.COS(=O)(=O)[O-]. The van der Waals surface area contributed by atoms with Crippen LogP contribution in [-0.2, 0) is 33.6 Å². The van der Waals surface area contributed by atoms with Crippen molar-refractivity contribution >= 4 is 22.3 Å². The zero-order valence-corrected chi connectivity index (χ0v) is 43.9. The molecule has 0 saturated heterocycles. The van der Waals surface area contributed by atoms with Gasteiger partial charge in [0.05, 0.1) is 26.8 Å². The van der Waals surface area contributed by atoms with E-state index in [9.17, 15) is 32.8 Å². The lowest BCUT2D eigenvalue weighted by molar-refractivity contribution is -0.914. The summed E-state index contributed by atoms with van der Waals surface area (Å²) in [5.41, 5.74) is 0. The Labute approximate surface area is 400 Å². The van der Waals surface area contributed by atoms with Crippen LogP contribution in [0.4, 0.5) is 0 Å². The molecule has 0 heterocycles. The van der Waals surface area contributed by atoms with Crippen LogP contribution in [0.5, 0.6) is 0 Å². The van der Waals surface area contributed by atoms with Gasteiger partial charge in [0, 0.05) is 32.5 Å². The van der Waals surface area contributed by atoms with Crippen LogP contribution in [0.1, 0.15) is 221 Å². The Bertz CT molecular complexity index is 1260. The molecule has 0 radical (unpaired) electrons. The summed E-state index contributed by atoms with van der Waals surface area (Å²) >= 11 is 0. The maximum Gasteiger partial charge on any atom is 0.306 e. The molecular formula is C52H102N2O10S. The van der Waals surface area contributed by atoms with Gasteiger partial charge in [0.1, 0.15) is 31.4 Å². The fourth-order valence-corrected chi connectivity index (χ4v) is 8.21. The van der Waals surface area contributed by atoms with E-state index in [4.69, 9.17) is 9.47 Å². The summed E-state index contributed by atoms with van der Waals surface area (Å²) in [5, 5.41) is 20.7. The van der Waals surface area contributed by atoms with Gasteiger partial charge < -0.3 is 28.7 Å². The molecule has 5 atom stereocenters. The van der Waals surface area contributed by atoms with Gasteiger partial charge in [-0.3, -0.25) is 18.7 Å². The number of quaternary nitrogens is 1.